The van der Waals surface area contributed by atoms with Crippen LogP contribution < -0.4 is 5.73 Å². The Hall–Kier alpha value is -0.0800. The Morgan fingerprint density at radius 2 is 1.92 bits per heavy atom. The fourth-order valence-electron chi connectivity index (χ4n) is 3.41. The highest BCUT2D eigenvalue weighted by Crippen LogP contribution is 2.64. The van der Waals surface area contributed by atoms with Crippen molar-refractivity contribution in [3.63, 3.8) is 0 Å². The first-order valence-electron chi connectivity index (χ1n) is 4.85. The van der Waals surface area contributed by atoms with Gasteiger partial charge in [-0.2, -0.15) is 0 Å². The Morgan fingerprint density at radius 1 is 1.33 bits per heavy atom. The summed E-state index contributed by atoms with van der Waals surface area (Å²) in [6.45, 7) is 6.69. The van der Waals surface area contributed by atoms with Crippen molar-refractivity contribution in [2.75, 3.05) is 0 Å². The van der Waals surface area contributed by atoms with Crippen molar-refractivity contribution >= 4 is 0 Å². The lowest BCUT2D eigenvalue weighted by Gasteiger charge is -2.36. The molecule has 0 aliphatic heterocycles. The van der Waals surface area contributed by atoms with Crippen LogP contribution in [-0.4, -0.2) is 17.3 Å². The first-order chi connectivity index (χ1) is 5.41. The van der Waals surface area contributed by atoms with Gasteiger partial charge in [0.05, 0.1) is 6.10 Å². The van der Waals surface area contributed by atoms with Crippen LogP contribution in [0.5, 0.6) is 0 Å². The predicted molar refractivity (Wildman–Crippen MR) is 48.6 cm³/mol. The third-order valence-electron chi connectivity index (χ3n) is 4.86. The molecule has 0 aromatic carbocycles. The summed E-state index contributed by atoms with van der Waals surface area (Å²) in [4.78, 5) is 0. The molecule has 2 heteroatoms. The number of nitrogens with two attached hydrogens (primary N) is 1. The molecule has 0 heterocycles. The van der Waals surface area contributed by atoms with Gasteiger partial charge in [-0.1, -0.05) is 20.8 Å². The van der Waals surface area contributed by atoms with Crippen LogP contribution in [0.25, 0.3) is 0 Å². The van der Waals surface area contributed by atoms with Gasteiger partial charge in [-0.15, -0.1) is 0 Å². The minimum Gasteiger partial charge on any atom is -0.391 e. The largest absolute Gasteiger partial charge is 0.391 e. The summed E-state index contributed by atoms with van der Waals surface area (Å²) in [6, 6.07) is 0.0127. The van der Waals surface area contributed by atoms with Crippen LogP contribution in [0, 0.1) is 16.7 Å². The molecule has 0 saturated heterocycles. The quantitative estimate of drug-likeness (QED) is 0.571. The molecule has 0 aromatic rings. The molecule has 0 aromatic heterocycles. The van der Waals surface area contributed by atoms with Crippen LogP contribution >= 0.6 is 0 Å². The van der Waals surface area contributed by atoms with Gasteiger partial charge >= 0.3 is 0 Å². The number of hydrogen-bond acceptors (Lipinski definition) is 2. The predicted octanol–water partition coefficient (Wildman–Crippen LogP) is 1.13. The van der Waals surface area contributed by atoms with E-state index in [4.69, 9.17) is 5.73 Å². The van der Waals surface area contributed by atoms with Crippen molar-refractivity contribution in [2.24, 2.45) is 22.5 Å². The van der Waals surface area contributed by atoms with Crippen LogP contribution in [0.1, 0.15) is 33.6 Å². The van der Waals surface area contributed by atoms with Gasteiger partial charge < -0.3 is 10.8 Å². The summed E-state index contributed by atoms with van der Waals surface area (Å²) < 4.78 is 0. The average Bonchev–Trinajstić information content (AvgIpc) is 2.26. The van der Waals surface area contributed by atoms with Crippen molar-refractivity contribution in [3.8, 4) is 0 Å². The SMILES string of the molecule is CC1(C)C2CCC1(C)[C@H](O)[C@H]2N. The second kappa shape index (κ2) is 2.05. The molecular weight excluding hydrogens is 150 g/mol. The van der Waals surface area contributed by atoms with E-state index in [-0.39, 0.29) is 23.0 Å². The van der Waals surface area contributed by atoms with Crippen LogP contribution in [0.2, 0.25) is 0 Å². The zero-order chi connectivity index (χ0) is 9.15. The normalized spacial score (nSPS) is 56.2. The fourth-order valence-corrected chi connectivity index (χ4v) is 3.41. The zero-order valence-electron chi connectivity index (χ0n) is 8.17. The fraction of sp³-hybridized carbons (Fsp3) is 1.00. The number of aliphatic hydroxyl groups excluding tert-OH is 1. The lowest BCUT2D eigenvalue weighted by atomic mass is 9.70. The number of hydrogen-bond donors (Lipinski definition) is 2. The van der Waals surface area contributed by atoms with Crippen LogP contribution in [-0.2, 0) is 0 Å². The van der Waals surface area contributed by atoms with E-state index >= 15 is 0 Å². The van der Waals surface area contributed by atoms with Gasteiger partial charge in [-0.05, 0) is 24.2 Å². The smallest absolute Gasteiger partial charge is 0.0752 e. The van der Waals surface area contributed by atoms with Gasteiger partial charge in [0.2, 0.25) is 0 Å². The van der Waals surface area contributed by atoms with E-state index in [2.05, 4.69) is 20.8 Å². The molecular formula is C10H19NO. The van der Waals surface area contributed by atoms with E-state index in [0.717, 1.165) is 6.42 Å². The van der Waals surface area contributed by atoms with E-state index in [1.54, 1.807) is 0 Å². The molecule has 2 rings (SSSR count). The van der Waals surface area contributed by atoms with E-state index in [1.165, 1.54) is 6.42 Å². The first-order valence-corrected chi connectivity index (χ1v) is 4.85. The summed E-state index contributed by atoms with van der Waals surface area (Å²) in [6.07, 6.45) is 2.05. The molecule has 70 valence electrons. The molecule has 2 unspecified atom stereocenters. The standard InChI is InChI=1S/C10H19NO/c1-9(2)6-4-5-10(9,3)8(12)7(6)11/h6-8,12H,4-5,11H2,1-3H3/t6?,7-,8+,10?/m0/s1. The van der Waals surface area contributed by atoms with Gasteiger partial charge in [-0.25, -0.2) is 0 Å². The second-order valence-corrected chi connectivity index (χ2v) is 5.31. The molecule has 3 N–H and O–H groups in total. The monoisotopic (exact) mass is 169 g/mol. The summed E-state index contributed by atoms with van der Waals surface area (Å²) in [5.74, 6) is 0.525. The Balaban J connectivity index is 2.44. The first kappa shape index (κ1) is 8.52. The summed E-state index contributed by atoms with van der Waals surface area (Å²) in [5, 5.41) is 9.96. The molecule has 2 nitrogen and oxygen atoms in total. The average molecular weight is 169 g/mol. The molecule has 2 fully saturated rings. The van der Waals surface area contributed by atoms with Gasteiger partial charge in [0.1, 0.15) is 0 Å². The van der Waals surface area contributed by atoms with Crippen LogP contribution in [0.15, 0.2) is 0 Å². The molecule has 4 atom stereocenters. The van der Waals surface area contributed by atoms with Gasteiger partial charge in [0.15, 0.2) is 0 Å². The maximum atomic E-state index is 9.96. The van der Waals surface area contributed by atoms with Crippen LogP contribution in [0.3, 0.4) is 0 Å². The minimum absolute atomic E-state index is 0.0127. The molecule has 0 amide bonds. The Labute approximate surface area is 74.1 Å². The van der Waals surface area contributed by atoms with Gasteiger partial charge in [-0.3, -0.25) is 0 Å². The highest BCUT2D eigenvalue weighted by molar-refractivity contribution is 5.16. The lowest BCUT2D eigenvalue weighted by molar-refractivity contribution is 0.00582. The molecule has 0 radical (unpaired) electrons. The highest BCUT2D eigenvalue weighted by atomic mass is 16.3. The van der Waals surface area contributed by atoms with E-state index in [1.807, 2.05) is 0 Å². The maximum absolute atomic E-state index is 9.96. The third-order valence-corrected chi connectivity index (χ3v) is 4.86. The van der Waals surface area contributed by atoms with E-state index < -0.39 is 0 Å². The number of aliphatic hydroxyl groups is 1. The molecule has 12 heavy (non-hydrogen) atoms. The van der Waals surface area contributed by atoms with Crippen molar-refractivity contribution in [3.05, 3.63) is 0 Å². The number of fused-ring (bicyclic) bond motifs is 2. The zero-order valence-corrected chi connectivity index (χ0v) is 8.17. The molecule has 2 aliphatic carbocycles. The lowest BCUT2D eigenvalue weighted by Crippen LogP contribution is -2.43. The molecule has 2 aliphatic rings. The van der Waals surface area contributed by atoms with E-state index in [0.29, 0.717) is 5.92 Å². The maximum Gasteiger partial charge on any atom is 0.0752 e. The van der Waals surface area contributed by atoms with Crippen LogP contribution in [0.4, 0.5) is 0 Å². The molecule has 2 saturated carbocycles. The topological polar surface area (TPSA) is 46.2 Å². The summed E-state index contributed by atoms with van der Waals surface area (Å²) >= 11 is 0. The Morgan fingerprint density at radius 3 is 2.17 bits per heavy atom. The summed E-state index contributed by atoms with van der Waals surface area (Å²) in [7, 11) is 0. The Bertz CT molecular complexity index is 214. The molecule has 2 bridgehead atoms. The van der Waals surface area contributed by atoms with Gasteiger partial charge in [0.25, 0.3) is 0 Å². The minimum atomic E-state index is -0.286. The highest BCUT2D eigenvalue weighted by Gasteiger charge is 2.64. The Kier molecular flexibility index (Phi) is 1.45. The van der Waals surface area contributed by atoms with E-state index in [9.17, 15) is 5.11 Å². The second-order valence-electron chi connectivity index (χ2n) is 5.31. The van der Waals surface area contributed by atoms with Crippen molar-refractivity contribution < 1.29 is 5.11 Å². The summed E-state index contributed by atoms with van der Waals surface area (Å²) in [5.41, 5.74) is 6.27. The third kappa shape index (κ3) is 0.647. The molecule has 0 spiro atoms. The van der Waals surface area contributed by atoms with Crippen molar-refractivity contribution in [2.45, 2.75) is 45.8 Å². The number of rotatable bonds is 0. The van der Waals surface area contributed by atoms with Crippen molar-refractivity contribution in [1.82, 2.24) is 0 Å². The van der Waals surface area contributed by atoms with Crippen molar-refractivity contribution in [1.29, 1.82) is 0 Å². The van der Waals surface area contributed by atoms with Gasteiger partial charge in [0, 0.05) is 11.5 Å².